The van der Waals surface area contributed by atoms with Crippen LogP contribution in [0.1, 0.15) is 56.6 Å². The van der Waals surface area contributed by atoms with E-state index in [9.17, 15) is 14.4 Å². The van der Waals surface area contributed by atoms with Crippen molar-refractivity contribution >= 4 is 46.7 Å². The number of carbonyl (C=O) groups is 3. The highest BCUT2D eigenvalue weighted by atomic mass is 35.5. The quantitative estimate of drug-likeness (QED) is 0.229. The first kappa shape index (κ1) is 26.9. The van der Waals surface area contributed by atoms with Crippen molar-refractivity contribution in [2.75, 3.05) is 24.3 Å². The van der Waals surface area contributed by atoms with Gasteiger partial charge < -0.3 is 26.4 Å². The lowest BCUT2D eigenvalue weighted by Crippen LogP contribution is -2.48. The van der Waals surface area contributed by atoms with E-state index in [-0.39, 0.29) is 30.2 Å². The molecule has 6 N–H and O–H groups in total. The lowest BCUT2D eigenvalue weighted by atomic mass is 9.81. The Morgan fingerprint density at radius 1 is 1.22 bits per heavy atom. The highest BCUT2D eigenvalue weighted by Gasteiger charge is 2.35. The van der Waals surface area contributed by atoms with Gasteiger partial charge in [0.2, 0.25) is 11.8 Å². The maximum Gasteiger partial charge on any atom is 0.411 e. The molecule has 1 aliphatic carbocycles. The van der Waals surface area contributed by atoms with Gasteiger partial charge in [-0.2, -0.15) is 0 Å². The van der Waals surface area contributed by atoms with Gasteiger partial charge in [-0.25, -0.2) is 4.79 Å². The van der Waals surface area contributed by atoms with Gasteiger partial charge in [-0.15, -0.1) is 0 Å². The van der Waals surface area contributed by atoms with Crippen LogP contribution < -0.4 is 27.0 Å². The van der Waals surface area contributed by atoms with Crippen LogP contribution in [-0.4, -0.2) is 48.9 Å². The third kappa shape index (κ3) is 6.81. The lowest BCUT2D eigenvalue weighted by Gasteiger charge is -2.28. The normalized spacial score (nSPS) is 28.6. The van der Waals surface area contributed by atoms with Crippen LogP contribution >= 0.6 is 11.6 Å². The minimum absolute atomic E-state index is 0.0213. The summed E-state index contributed by atoms with van der Waals surface area (Å²) in [6.45, 7) is 0.667. The van der Waals surface area contributed by atoms with Crippen LogP contribution in [-0.2, 0) is 14.3 Å². The van der Waals surface area contributed by atoms with Crippen LogP contribution in [0.5, 0.6) is 0 Å². The highest BCUT2D eigenvalue weighted by molar-refractivity contribution is 6.23. The number of methoxy groups -OCH3 is 1. The van der Waals surface area contributed by atoms with Crippen LogP contribution in [0.2, 0.25) is 0 Å². The Balaban J connectivity index is 1.59. The molecule has 2 heterocycles. The van der Waals surface area contributed by atoms with Crippen LogP contribution in [0.25, 0.3) is 0 Å². The van der Waals surface area contributed by atoms with Gasteiger partial charge in [0.25, 0.3) is 0 Å². The molecule has 10 nitrogen and oxygen atoms in total. The number of carbonyl (C=O) groups excluding carboxylic acids is 3. The summed E-state index contributed by atoms with van der Waals surface area (Å²) in [6, 6.07) is 4.26. The molecule has 1 saturated carbocycles. The number of amidine groups is 1. The van der Waals surface area contributed by atoms with Crippen molar-refractivity contribution in [3.05, 3.63) is 35.9 Å². The predicted octanol–water partition coefficient (Wildman–Crippen LogP) is 3.40. The molecule has 0 spiro atoms. The van der Waals surface area contributed by atoms with Gasteiger partial charge in [-0.1, -0.05) is 29.8 Å². The maximum atomic E-state index is 13.2. The monoisotopic (exact) mass is 530 g/mol. The zero-order valence-electron chi connectivity index (χ0n) is 21.0. The molecular formula is C26H35ClN6O4. The zero-order chi connectivity index (χ0) is 26.4. The van der Waals surface area contributed by atoms with E-state index >= 15 is 0 Å². The molecule has 2 aliphatic heterocycles. The summed E-state index contributed by atoms with van der Waals surface area (Å²) in [4.78, 5) is 42.3. The minimum atomic E-state index is -0.616. The van der Waals surface area contributed by atoms with E-state index in [4.69, 9.17) is 22.3 Å². The first-order valence-corrected chi connectivity index (χ1v) is 13.2. The summed E-state index contributed by atoms with van der Waals surface area (Å²) >= 11 is 6.70. The van der Waals surface area contributed by atoms with Gasteiger partial charge in [-0.3, -0.25) is 19.9 Å². The third-order valence-corrected chi connectivity index (χ3v) is 7.54. The van der Waals surface area contributed by atoms with Crippen molar-refractivity contribution in [1.82, 2.24) is 10.6 Å². The number of nitrogens with zero attached hydrogens (tertiary/aromatic N) is 1. The SMILES string of the molecule is COC(=O)Nc1ccc2c(c1)NC(=O)CC/C=C/C[C@H](NC(=O)C1CCC(CN)CC1)C1=NC2C(Cl)N1. The number of fused-ring (bicyclic) bond motifs is 3. The van der Waals surface area contributed by atoms with Crippen LogP contribution in [0.4, 0.5) is 16.2 Å². The van der Waals surface area contributed by atoms with Crippen molar-refractivity contribution in [3.63, 3.8) is 0 Å². The van der Waals surface area contributed by atoms with E-state index in [1.54, 1.807) is 18.2 Å². The molecule has 3 amide bonds. The number of hydrogen-bond donors (Lipinski definition) is 5. The second-order valence-corrected chi connectivity index (χ2v) is 10.2. The number of rotatable bonds is 4. The highest BCUT2D eigenvalue weighted by Crippen LogP contribution is 2.36. The largest absolute Gasteiger partial charge is 0.453 e. The number of nitrogens with one attached hydrogen (secondary N) is 4. The maximum absolute atomic E-state index is 13.2. The number of alkyl halides is 1. The van der Waals surface area contributed by atoms with E-state index in [1.807, 2.05) is 12.2 Å². The number of nitrogens with two attached hydrogens (primary N) is 1. The number of benzene rings is 1. The molecular weight excluding hydrogens is 496 g/mol. The van der Waals surface area contributed by atoms with E-state index < -0.39 is 17.6 Å². The summed E-state index contributed by atoms with van der Waals surface area (Å²) in [7, 11) is 1.28. The van der Waals surface area contributed by atoms with E-state index in [2.05, 4.69) is 26.0 Å². The zero-order valence-corrected chi connectivity index (χ0v) is 21.7. The summed E-state index contributed by atoms with van der Waals surface area (Å²) < 4.78 is 4.67. The van der Waals surface area contributed by atoms with Gasteiger partial charge in [-0.05, 0) is 63.1 Å². The van der Waals surface area contributed by atoms with E-state index in [0.717, 1.165) is 25.7 Å². The molecule has 200 valence electrons. The van der Waals surface area contributed by atoms with Crippen molar-refractivity contribution < 1.29 is 19.1 Å². The summed E-state index contributed by atoms with van der Waals surface area (Å²) in [5, 5.41) is 12.0. The van der Waals surface area contributed by atoms with Gasteiger partial charge in [0.1, 0.15) is 17.4 Å². The average Bonchev–Trinajstić information content (AvgIpc) is 3.28. The van der Waals surface area contributed by atoms with Crippen molar-refractivity contribution in [2.24, 2.45) is 22.6 Å². The number of halogens is 1. The Morgan fingerprint density at radius 2 is 2.00 bits per heavy atom. The molecule has 0 saturated heterocycles. The minimum Gasteiger partial charge on any atom is -0.453 e. The summed E-state index contributed by atoms with van der Waals surface area (Å²) in [6.07, 6.45) is 8.25. The smallest absolute Gasteiger partial charge is 0.411 e. The lowest BCUT2D eigenvalue weighted by molar-refractivity contribution is -0.126. The Kier molecular flexibility index (Phi) is 9.04. The van der Waals surface area contributed by atoms with Gasteiger partial charge in [0, 0.05) is 29.3 Å². The average molecular weight is 531 g/mol. The second-order valence-electron chi connectivity index (χ2n) is 9.73. The van der Waals surface area contributed by atoms with E-state index in [1.165, 1.54) is 7.11 Å². The third-order valence-electron chi connectivity index (χ3n) is 7.19. The van der Waals surface area contributed by atoms with Gasteiger partial charge in [0.15, 0.2) is 0 Å². The summed E-state index contributed by atoms with van der Waals surface area (Å²) in [5.41, 5.74) is 6.88. The van der Waals surface area contributed by atoms with Gasteiger partial charge >= 0.3 is 6.09 Å². The molecule has 0 aromatic heterocycles. The fourth-order valence-electron chi connectivity index (χ4n) is 5.03. The molecule has 11 heteroatoms. The number of hydrogen-bond acceptors (Lipinski definition) is 7. The van der Waals surface area contributed by atoms with Crippen molar-refractivity contribution in [3.8, 4) is 0 Å². The first-order chi connectivity index (χ1) is 17.9. The number of amides is 3. The molecule has 3 aliphatic rings. The number of aliphatic imine (C=N–C) groups is 1. The Hall–Kier alpha value is -3.11. The molecule has 0 radical (unpaired) electrons. The number of ether oxygens (including phenoxy) is 1. The number of allylic oxidation sites excluding steroid dienone is 1. The van der Waals surface area contributed by atoms with Crippen molar-refractivity contribution in [1.29, 1.82) is 0 Å². The molecule has 37 heavy (non-hydrogen) atoms. The first-order valence-electron chi connectivity index (χ1n) is 12.8. The van der Waals surface area contributed by atoms with Crippen LogP contribution in [0, 0.1) is 11.8 Å². The molecule has 4 rings (SSSR count). The topological polar surface area (TPSA) is 147 Å². The molecule has 3 atom stereocenters. The van der Waals surface area contributed by atoms with Crippen LogP contribution in [0.3, 0.4) is 0 Å². The molecule has 1 aromatic carbocycles. The predicted molar refractivity (Wildman–Crippen MR) is 143 cm³/mol. The fraction of sp³-hybridized carbons (Fsp3) is 0.538. The van der Waals surface area contributed by atoms with Crippen molar-refractivity contribution in [2.45, 2.75) is 62.5 Å². The fourth-order valence-corrected chi connectivity index (χ4v) is 5.33. The van der Waals surface area contributed by atoms with E-state index in [0.29, 0.717) is 48.1 Å². The Bertz CT molecular complexity index is 1070. The Labute approximate surface area is 221 Å². The molecule has 1 aromatic rings. The molecule has 2 unspecified atom stereocenters. The Morgan fingerprint density at radius 3 is 2.73 bits per heavy atom. The summed E-state index contributed by atoms with van der Waals surface area (Å²) in [5.74, 6) is 0.916. The second kappa shape index (κ2) is 12.4. The van der Waals surface area contributed by atoms with Crippen LogP contribution in [0.15, 0.2) is 35.3 Å². The number of anilines is 2. The standard InChI is InChI=1S/C26H35ClN6O4/c1-37-26(36)29-17-11-12-18-20(13-17)30-21(34)6-4-2-3-5-19(24-32-22(18)23(27)33-24)31-25(35)16-9-7-15(14-28)8-10-16/h2-3,11-13,15-16,19,22-23H,4-10,14,28H2,1H3,(H,29,36)(H,30,34)(H,31,35)(H,32,33)/b3-2+/t15?,16?,19-,22?,23?/m0/s1. The van der Waals surface area contributed by atoms with Gasteiger partial charge in [0.05, 0.1) is 13.2 Å². The molecule has 2 bridgehead atoms. The molecule has 1 fully saturated rings.